The van der Waals surface area contributed by atoms with Gasteiger partial charge in [0.05, 0.1) is 6.54 Å². The Morgan fingerprint density at radius 1 is 1.26 bits per heavy atom. The molecule has 1 amide bonds. The van der Waals surface area contributed by atoms with Crippen LogP contribution in [0.4, 0.5) is 5.69 Å². The Morgan fingerprint density at radius 2 is 2.00 bits per heavy atom. The van der Waals surface area contributed by atoms with Gasteiger partial charge in [-0.25, -0.2) is 0 Å². The van der Waals surface area contributed by atoms with Crippen molar-refractivity contribution in [2.75, 3.05) is 51.7 Å². The van der Waals surface area contributed by atoms with E-state index in [1.165, 1.54) is 0 Å². The normalized spacial score (nSPS) is 21.3. The van der Waals surface area contributed by atoms with Crippen molar-refractivity contribution in [3.63, 3.8) is 0 Å². The van der Waals surface area contributed by atoms with Gasteiger partial charge in [0.25, 0.3) is 5.91 Å². The SMILES string of the molecule is CC1CN=C(N2CCN(C(=O)c3cccc(N(C)C)c3)CC2)S1. The molecule has 0 aromatic heterocycles. The zero-order chi connectivity index (χ0) is 16.4. The van der Waals surface area contributed by atoms with Gasteiger partial charge in [-0.05, 0) is 18.2 Å². The molecule has 2 aliphatic rings. The van der Waals surface area contributed by atoms with Crippen LogP contribution in [0.15, 0.2) is 29.3 Å². The van der Waals surface area contributed by atoms with Gasteiger partial charge in [0, 0.05) is 56.8 Å². The van der Waals surface area contributed by atoms with E-state index < -0.39 is 0 Å². The van der Waals surface area contributed by atoms with E-state index in [0.717, 1.165) is 49.1 Å². The molecular weight excluding hydrogens is 308 g/mol. The van der Waals surface area contributed by atoms with Crippen LogP contribution < -0.4 is 4.90 Å². The summed E-state index contributed by atoms with van der Waals surface area (Å²) in [5.74, 6) is 0.128. The fraction of sp³-hybridized carbons (Fsp3) is 0.529. The predicted molar refractivity (Wildman–Crippen MR) is 97.6 cm³/mol. The first kappa shape index (κ1) is 16.2. The minimum absolute atomic E-state index is 0.128. The molecule has 0 radical (unpaired) electrons. The van der Waals surface area contributed by atoms with Gasteiger partial charge >= 0.3 is 0 Å². The summed E-state index contributed by atoms with van der Waals surface area (Å²) in [6.45, 7) is 6.39. The standard InChI is InChI=1S/C17H24N4OS/c1-13-12-18-17(23-13)21-9-7-20(8-10-21)16(22)14-5-4-6-15(11-14)19(2)3/h4-6,11,13H,7-10,12H2,1-3H3. The monoisotopic (exact) mass is 332 g/mol. The lowest BCUT2D eigenvalue weighted by Gasteiger charge is -2.35. The number of hydrogen-bond acceptors (Lipinski definition) is 5. The van der Waals surface area contributed by atoms with Gasteiger partial charge in [0.1, 0.15) is 0 Å². The summed E-state index contributed by atoms with van der Waals surface area (Å²) in [6.07, 6.45) is 0. The molecule has 1 aromatic carbocycles. The Kier molecular flexibility index (Phi) is 4.80. The fourth-order valence-electron chi connectivity index (χ4n) is 2.84. The Hall–Kier alpha value is -1.69. The molecule has 6 heteroatoms. The van der Waals surface area contributed by atoms with Crippen molar-refractivity contribution in [2.45, 2.75) is 12.2 Å². The Morgan fingerprint density at radius 3 is 2.61 bits per heavy atom. The van der Waals surface area contributed by atoms with Gasteiger partial charge in [-0.15, -0.1) is 0 Å². The third-order valence-electron chi connectivity index (χ3n) is 4.24. The number of anilines is 1. The quantitative estimate of drug-likeness (QED) is 0.830. The van der Waals surface area contributed by atoms with E-state index in [0.29, 0.717) is 5.25 Å². The van der Waals surface area contributed by atoms with Crippen LogP contribution in [0.2, 0.25) is 0 Å². The highest BCUT2D eigenvalue weighted by Gasteiger charge is 2.27. The molecule has 0 saturated carbocycles. The van der Waals surface area contributed by atoms with Gasteiger partial charge in [0.2, 0.25) is 0 Å². The van der Waals surface area contributed by atoms with Crippen molar-refractivity contribution < 1.29 is 4.79 Å². The molecule has 1 unspecified atom stereocenters. The topological polar surface area (TPSA) is 39.1 Å². The Labute approximate surface area is 142 Å². The molecule has 0 N–H and O–H groups in total. The van der Waals surface area contributed by atoms with Crippen molar-refractivity contribution in [1.82, 2.24) is 9.80 Å². The zero-order valence-corrected chi connectivity index (χ0v) is 14.8. The highest BCUT2D eigenvalue weighted by atomic mass is 32.2. The van der Waals surface area contributed by atoms with E-state index in [-0.39, 0.29) is 5.91 Å². The molecule has 1 fully saturated rings. The number of thioether (sulfide) groups is 1. The van der Waals surface area contributed by atoms with Crippen molar-refractivity contribution in [3.05, 3.63) is 29.8 Å². The lowest BCUT2D eigenvalue weighted by atomic mass is 10.1. The third-order valence-corrected chi connectivity index (χ3v) is 5.39. The van der Waals surface area contributed by atoms with E-state index in [9.17, 15) is 4.79 Å². The van der Waals surface area contributed by atoms with Crippen LogP contribution in [-0.4, -0.2) is 72.9 Å². The number of hydrogen-bond donors (Lipinski definition) is 0. The van der Waals surface area contributed by atoms with E-state index in [4.69, 9.17) is 0 Å². The average molecular weight is 332 g/mol. The first-order valence-corrected chi connectivity index (χ1v) is 8.95. The molecule has 2 aliphatic heterocycles. The van der Waals surface area contributed by atoms with Gasteiger partial charge < -0.3 is 14.7 Å². The molecule has 1 atom stereocenters. The summed E-state index contributed by atoms with van der Waals surface area (Å²) in [6, 6.07) is 7.84. The summed E-state index contributed by atoms with van der Waals surface area (Å²) in [5, 5.41) is 1.73. The van der Waals surface area contributed by atoms with Crippen LogP contribution >= 0.6 is 11.8 Å². The molecule has 0 spiro atoms. The Bertz CT molecular complexity index is 608. The molecule has 1 aromatic rings. The zero-order valence-electron chi connectivity index (χ0n) is 14.0. The van der Waals surface area contributed by atoms with E-state index in [1.807, 2.05) is 59.9 Å². The molecule has 0 aliphatic carbocycles. The maximum absolute atomic E-state index is 12.7. The number of aliphatic imine (C=N–C) groups is 1. The number of carbonyl (C=O) groups excluding carboxylic acids is 1. The average Bonchev–Trinajstić information content (AvgIpc) is 3.01. The van der Waals surface area contributed by atoms with Crippen LogP contribution in [-0.2, 0) is 0 Å². The number of nitrogens with zero attached hydrogens (tertiary/aromatic N) is 4. The van der Waals surface area contributed by atoms with E-state index in [2.05, 4.69) is 16.8 Å². The molecule has 0 bridgehead atoms. The number of amides is 1. The Balaban J connectivity index is 1.61. The lowest BCUT2D eigenvalue weighted by molar-refractivity contribution is 0.0693. The molecule has 1 saturated heterocycles. The number of carbonyl (C=O) groups is 1. The van der Waals surface area contributed by atoms with Gasteiger partial charge in [-0.2, -0.15) is 0 Å². The smallest absolute Gasteiger partial charge is 0.254 e. The van der Waals surface area contributed by atoms with Gasteiger partial charge in [-0.3, -0.25) is 9.79 Å². The van der Waals surface area contributed by atoms with E-state index >= 15 is 0 Å². The predicted octanol–water partition coefficient (Wildman–Crippen LogP) is 2.00. The van der Waals surface area contributed by atoms with Crippen molar-refractivity contribution in [3.8, 4) is 0 Å². The minimum Gasteiger partial charge on any atom is -0.378 e. The first-order chi connectivity index (χ1) is 11.0. The molecule has 3 rings (SSSR count). The lowest BCUT2D eigenvalue weighted by Crippen LogP contribution is -2.49. The number of amidine groups is 1. The van der Waals surface area contributed by atoms with Crippen LogP contribution in [0.25, 0.3) is 0 Å². The van der Waals surface area contributed by atoms with Gasteiger partial charge in [-0.1, -0.05) is 24.8 Å². The molecule has 23 heavy (non-hydrogen) atoms. The largest absolute Gasteiger partial charge is 0.378 e. The van der Waals surface area contributed by atoms with Crippen LogP contribution in [0.5, 0.6) is 0 Å². The van der Waals surface area contributed by atoms with Crippen molar-refractivity contribution in [1.29, 1.82) is 0 Å². The molecule has 5 nitrogen and oxygen atoms in total. The number of rotatable bonds is 2. The van der Waals surface area contributed by atoms with Crippen molar-refractivity contribution in [2.24, 2.45) is 4.99 Å². The van der Waals surface area contributed by atoms with Crippen LogP contribution in [0.1, 0.15) is 17.3 Å². The first-order valence-electron chi connectivity index (χ1n) is 8.07. The number of benzene rings is 1. The number of piperazine rings is 1. The van der Waals surface area contributed by atoms with E-state index in [1.54, 1.807) is 0 Å². The summed E-state index contributed by atoms with van der Waals surface area (Å²) in [4.78, 5) is 23.6. The van der Waals surface area contributed by atoms with Crippen molar-refractivity contribution >= 4 is 28.5 Å². The highest BCUT2D eigenvalue weighted by Crippen LogP contribution is 2.24. The molecular formula is C17H24N4OS. The highest BCUT2D eigenvalue weighted by molar-refractivity contribution is 8.14. The second kappa shape index (κ2) is 6.83. The van der Waals surface area contributed by atoms with Crippen LogP contribution in [0.3, 0.4) is 0 Å². The maximum Gasteiger partial charge on any atom is 0.254 e. The minimum atomic E-state index is 0.128. The molecule has 2 heterocycles. The fourth-order valence-corrected chi connectivity index (χ4v) is 3.83. The maximum atomic E-state index is 12.7. The summed E-state index contributed by atoms with van der Waals surface area (Å²) >= 11 is 1.85. The summed E-state index contributed by atoms with van der Waals surface area (Å²) in [5.41, 5.74) is 1.83. The second-order valence-electron chi connectivity index (χ2n) is 6.28. The van der Waals surface area contributed by atoms with Crippen LogP contribution in [0, 0.1) is 0 Å². The second-order valence-corrected chi connectivity index (χ2v) is 7.68. The third kappa shape index (κ3) is 3.63. The summed E-state index contributed by atoms with van der Waals surface area (Å²) in [7, 11) is 3.98. The van der Waals surface area contributed by atoms with Gasteiger partial charge in [0.15, 0.2) is 5.17 Å². The summed E-state index contributed by atoms with van der Waals surface area (Å²) < 4.78 is 0. The molecule has 124 valence electrons.